The first kappa shape index (κ1) is 24.5. The highest BCUT2D eigenvalue weighted by molar-refractivity contribution is 5.75. The summed E-state index contributed by atoms with van der Waals surface area (Å²) >= 11 is 0. The number of pyridine rings is 1. The second-order valence-corrected chi connectivity index (χ2v) is 10.3. The van der Waals surface area contributed by atoms with Crippen molar-refractivity contribution < 1.29 is 23.5 Å². The van der Waals surface area contributed by atoms with Gasteiger partial charge in [-0.05, 0) is 87.1 Å². The SMILES string of the molecule is CCOC(=O)N[C@H]1CC[C@H]2[C@H](C1)C[C@H]1C(=O)O[C@@H](C)[C@H]1[C@H]2C=Cc1ccc(-c2cccc(F)c2)cn1. The molecule has 2 aromatic rings. The lowest BCUT2D eigenvalue weighted by Gasteiger charge is -2.47. The van der Waals surface area contributed by atoms with Crippen LogP contribution in [0.1, 0.15) is 45.2 Å². The second-order valence-electron chi connectivity index (χ2n) is 10.3. The van der Waals surface area contributed by atoms with Gasteiger partial charge in [-0.3, -0.25) is 9.78 Å². The van der Waals surface area contributed by atoms with Crippen molar-refractivity contribution in [1.29, 1.82) is 0 Å². The summed E-state index contributed by atoms with van der Waals surface area (Å²) in [4.78, 5) is 29.2. The van der Waals surface area contributed by atoms with Crippen molar-refractivity contribution in [2.24, 2.45) is 29.6 Å². The monoisotopic (exact) mass is 492 g/mol. The molecular weight excluding hydrogens is 459 g/mol. The molecule has 0 unspecified atom stereocenters. The average Bonchev–Trinajstić information content (AvgIpc) is 3.15. The minimum Gasteiger partial charge on any atom is -0.462 e. The van der Waals surface area contributed by atoms with Crippen molar-refractivity contribution in [3.63, 3.8) is 0 Å². The zero-order chi connectivity index (χ0) is 25.2. The summed E-state index contributed by atoms with van der Waals surface area (Å²) in [5, 5.41) is 3.00. The van der Waals surface area contributed by atoms with Crippen molar-refractivity contribution in [2.45, 2.75) is 51.7 Å². The van der Waals surface area contributed by atoms with Gasteiger partial charge in [-0.15, -0.1) is 0 Å². The number of hydrogen-bond acceptors (Lipinski definition) is 5. The van der Waals surface area contributed by atoms with Crippen molar-refractivity contribution >= 4 is 18.1 Å². The van der Waals surface area contributed by atoms with Gasteiger partial charge in [-0.1, -0.05) is 24.3 Å². The number of carbonyl (C=O) groups excluding carboxylic acids is 2. The van der Waals surface area contributed by atoms with Gasteiger partial charge in [0.2, 0.25) is 0 Å². The fourth-order valence-corrected chi connectivity index (χ4v) is 6.64. The van der Waals surface area contributed by atoms with E-state index in [0.29, 0.717) is 18.4 Å². The largest absolute Gasteiger partial charge is 0.462 e. The number of amides is 1. The van der Waals surface area contributed by atoms with Crippen LogP contribution in [0.5, 0.6) is 0 Å². The smallest absolute Gasteiger partial charge is 0.407 e. The lowest BCUT2D eigenvalue weighted by molar-refractivity contribution is -0.144. The van der Waals surface area contributed by atoms with Crippen LogP contribution in [0.2, 0.25) is 0 Å². The molecule has 7 atom stereocenters. The Balaban J connectivity index is 1.34. The summed E-state index contributed by atoms with van der Waals surface area (Å²) in [5.41, 5.74) is 2.48. The summed E-state index contributed by atoms with van der Waals surface area (Å²) < 4.78 is 24.3. The Morgan fingerprint density at radius 2 is 2.08 bits per heavy atom. The van der Waals surface area contributed by atoms with Gasteiger partial charge in [-0.2, -0.15) is 0 Å². The number of aromatic nitrogens is 1. The first-order valence-electron chi connectivity index (χ1n) is 13.0. The van der Waals surface area contributed by atoms with Gasteiger partial charge >= 0.3 is 12.1 Å². The summed E-state index contributed by atoms with van der Waals surface area (Å²) in [6, 6.07) is 10.4. The molecule has 1 aliphatic heterocycles. The molecule has 2 heterocycles. The Bertz CT molecular complexity index is 1130. The van der Waals surface area contributed by atoms with Gasteiger partial charge in [0.15, 0.2) is 0 Å². The zero-order valence-corrected chi connectivity index (χ0v) is 20.7. The van der Waals surface area contributed by atoms with E-state index in [1.165, 1.54) is 12.1 Å². The molecule has 1 saturated heterocycles. The van der Waals surface area contributed by atoms with E-state index >= 15 is 0 Å². The standard InChI is InChI=1S/C29H33FN2O4/c1-3-35-29(34)32-23-10-11-24-20(14-23)15-26-27(17(2)36-28(26)33)25(24)12-9-22-8-7-19(16-31-22)18-5-4-6-21(30)13-18/h4-9,12-13,16-17,20,23-27H,3,10-11,14-15H2,1-2H3,(H,32,34)/t17-,20+,23-,24-,25-,26+,27-/m0/s1. The van der Waals surface area contributed by atoms with E-state index < -0.39 is 0 Å². The highest BCUT2D eigenvalue weighted by Crippen LogP contribution is 2.53. The molecular formula is C29H33FN2O4. The molecule has 2 saturated carbocycles. The molecule has 5 rings (SSSR count). The molecule has 1 amide bonds. The lowest BCUT2D eigenvalue weighted by Crippen LogP contribution is -2.48. The van der Waals surface area contributed by atoms with Crippen LogP contribution in [-0.2, 0) is 14.3 Å². The number of rotatable bonds is 5. The number of alkyl carbamates (subject to hydrolysis) is 1. The molecule has 1 aromatic carbocycles. The van der Waals surface area contributed by atoms with Gasteiger partial charge in [0.25, 0.3) is 0 Å². The number of carbonyl (C=O) groups is 2. The molecule has 7 heteroatoms. The number of halogens is 1. The van der Waals surface area contributed by atoms with Crippen LogP contribution in [0.4, 0.5) is 9.18 Å². The van der Waals surface area contributed by atoms with Crippen LogP contribution in [-0.4, -0.2) is 35.8 Å². The number of fused-ring (bicyclic) bond motifs is 2. The normalized spacial score (nSPS) is 31.4. The number of esters is 1. The van der Waals surface area contributed by atoms with Crippen molar-refractivity contribution in [3.8, 4) is 11.1 Å². The Morgan fingerprint density at radius 3 is 2.83 bits per heavy atom. The summed E-state index contributed by atoms with van der Waals surface area (Å²) in [7, 11) is 0. The van der Waals surface area contributed by atoms with Gasteiger partial charge in [0.1, 0.15) is 11.9 Å². The fraction of sp³-hybridized carbons (Fsp3) is 0.483. The van der Waals surface area contributed by atoms with Crippen molar-refractivity contribution in [1.82, 2.24) is 10.3 Å². The third-order valence-corrected chi connectivity index (χ3v) is 8.18. The van der Waals surface area contributed by atoms with Crippen molar-refractivity contribution in [2.75, 3.05) is 6.61 Å². The maximum absolute atomic E-state index is 13.6. The van der Waals surface area contributed by atoms with E-state index in [1.807, 2.05) is 31.2 Å². The number of ether oxygens (including phenoxy) is 2. The average molecular weight is 493 g/mol. The second kappa shape index (κ2) is 10.4. The molecule has 0 spiro atoms. The molecule has 36 heavy (non-hydrogen) atoms. The number of allylic oxidation sites excluding steroid dienone is 1. The first-order chi connectivity index (χ1) is 17.4. The van der Waals surface area contributed by atoms with Crippen LogP contribution in [0.3, 0.4) is 0 Å². The highest BCUT2D eigenvalue weighted by atomic mass is 19.1. The number of hydrogen-bond donors (Lipinski definition) is 1. The molecule has 6 nitrogen and oxygen atoms in total. The number of nitrogens with zero attached hydrogens (tertiary/aromatic N) is 1. The van der Waals surface area contributed by atoms with Crippen molar-refractivity contribution in [3.05, 3.63) is 60.2 Å². The van der Waals surface area contributed by atoms with E-state index in [4.69, 9.17) is 9.47 Å². The van der Waals surface area contributed by atoms with E-state index in [0.717, 1.165) is 42.5 Å². The topological polar surface area (TPSA) is 77.5 Å². The van der Waals surface area contributed by atoms with Gasteiger partial charge in [0, 0.05) is 23.7 Å². The summed E-state index contributed by atoms with van der Waals surface area (Å²) in [6.45, 7) is 4.15. The minimum atomic E-state index is -0.368. The molecule has 1 N–H and O–H groups in total. The number of cyclic esters (lactones) is 1. The van der Waals surface area contributed by atoms with Crippen LogP contribution in [0.15, 0.2) is 48.7 Å². The van der Waals surface area contributed by atoms with Gasteiger partial charge < -0.3 is 14.8 Å². The zero-order valence-electron chi connectivity index (χ0n) is 20.7. The summed E-state index contributed by atoms with van der Waals surface area (Å²) in [5.74, 6) is 0.629. The van der Waals surface area contributed by atoms with E-state index in [-0.39, 0.29) is 47.8 Å². The Labute approximate surface area is 211 Å². The van der Waals surface area contributed by atoms with Crippen LogP contribution < -0.4 is 5.32 Å². The fourth-order valence-electron chi connectivity index (χ4n) is 6.64. The number of nitrogens with one attached hydrogen (secondary N) is 1. The molecule has 190 valence electrons. The Hall–Kier alpha value is -3.22. The first-order valence-corrected chi connectivity index (χ1v) is 13.0. The third kappa shape index (κ3) is 5.01. The predicted octanol–water partition coefficient (Wildman–Crippen LogP) is 5.63. The van der Waals surface area contributed by atoms with Crippen LogP contribution >= 0.6 is 0 Å². The minimum absolute atomic E-state index is 0.0679. The maximum atomic E-state index is 13.6. The molecule has 0 bridgehead atoms. The molecule has 0 radical (unpaired) electrons. The molecule has 2 aliphatic carbocycles. The molecule has 3 aliphatic rings. The van der Waals surface area contributed by atoms with E-state index in [1.54, 1.807) is 19.2 Å². The number of benzene rings is 1. The van der Waals surface area contributed by atoms with E-state index in [2.05, 4.69) is 16.4 Å². The summed E-state index contributed by atoms with van der Waals surface area (Å²) in [6.07, 6.45) is 9.07. The predicted molar refractivity (Wildman–Crippen MR) is 134 cm³/mol. The molecule has 1 aromatic heterocycles. The van der Waals surface area contributed by atoms with Crippen LogP contribution in [0, 0.1) is 35.4 Å². The Kier molecular flexibility index (Phi) is 7.08. The quantitative estimate of drug-likeness (QED) is 0.548. The maximum Gasteiger partial charge on any atom is 0.407 e. The van der Waals surface area contributed by atoms with Gasteiger partial charge in [0.05, 0.1) is 18.2 Å². The van der Waals surface area contributed by atoms with Crippen LogP contribution in [0.25, 0.3) is 17.2 Å². The lowest BCUT2D eigenvalue weighted by atomic mass is 9.57. The molecule has 3 fully saturated rings. The third-order valence-electron chi connectivity index (χ3n) is 8.18. The highest BCUT2D eigenvalue weighted by Gasteiger charge is 2.54. The van der Waals surface area contributed by atoms with E-state index in [9.17, 15) is 14.0 Å². The Morgan fingerprint density at radius 1 is 1.22 bits per heavy atom. The van der Waals surface area contributed by atoms with Gasteiger partial charge in [-0.25, -0.2) is 9.18 Å².